The van der Waals surface area contributed by atoms with Crippen molar-refractivity contribution in [2.75, 3.05) is 17.7 Å². The van der Waals surface area contributed by atoms with Gasteiger partial charge in [-0.1, -0.05) is 66.7 Å². The van der Waals surface area contributed by atoms with E-state index in [1.807, 2.05) is 78.9 Å². The zero-order chi connectivity index (χ0) is 21.6. The summed E-state index contributed by atoms with van der Waals surface area (Å²) in [5, 5.41) is 10.2. The fourth-order valence-corrected chi connectivity index (χ4v) is 3.17. The lowest BCUT2D eigenvalue weighted by atomic mass is 10.1. The average molecular weight is 412 g/mol. The lowest BCUT2D eigenvalue weighted by Crippen LogP contribution is -2.23. The third-order valence-electron chi connectivity index (χ3n) is 4.59. The Kier molecular flexibility index (Phi) is 5.75. The van der Waals surface area contributed by atoms with Gasteiger partial charge in [-0.05, 0) is 24.3 Å². The van der Waals surface area contributed by atoms with Gasteiger partial charge in [0.2, 0.25) is 0 Å². The molecule has 0 unspecified atom stereocenters. The van der Waals surface area contributed by atoms with Crippen molar-refractivity contribution in [3.8, 4) is 16.9 Å². The van der Waals surface area contributed by atoms with E-state index >= 15 is 0 Å². The molecule has 0 radical (unpaired) electrons. The molecule has 4 rings (SSSR count). The first-order valence-corrected chi connectivity index (χ1v) is 9.62. The molecule has 31 heavy (non-hydrogen) atoms. The SMILES string of the molecule is COC(=O)c1c(-c2ccccc2)nn(-c2ccccc2)c1NC(=O)Nc1ccccc1. The zero-order valence-electron chi connectivity index (χ0n) is 16.8. The number of aromatic nitrogens is 2. The molecule has 0 atom stereocenters. The molecule has 7 nitrogen and oxygen atoms in total. The van der Waals surface area contributed by atoms with Gasteiger partial charge in [0.1, 0.15) is 11.3 Å². The molecule has 2 amide bonds. The van der Waals surface area contributed by atoms with Crippen molar-refractivity contribution in [3.63, 3.8) is 0 Å². The smallest absolute Gasteiger partial charge is 0.343 e. The van der Waals surface area contributed by atoms with Crippen LogP contribution in [-0.4, -0.2) is 28.9 Å². The Balaban J connectivity index is 1.83. The maximum absolute atomic E-state index is 12.8. The van der Waals surface area contributed by atoms with E-state index in [2.05, 4.69) is 15.7 Å². The topological polar surface area (TPSA) is 85.2 Å². The Labute approximate surface area is 179 Å². The Morgan fingerprint density at radius 2 is 1.39 bits per heavy atom. The van der Waals surface area contributed by atoms with Crippen LogP contribution >= 0.6 is 0 Å². The normalized spacial score (nSPS) is 10.4. The third kappa shape index (κ3) is 4.30. The zero-order valence-corrected chi connectivity index (χ0v) is 16.8. The number of nitrogens with zero attached hydrogens (tertiary/aromatic N) is 2. The van der Waals surface area contributed by atoms with E-state index in [1.54, 1.807) is 12.1 Å². The van der Waals surface area contributed by atoms with Crippen LogP contribution in [0.3, 0.4) is 0 Å². The van der Waals surface area contributed by atoms with Crippen LogP contribution < -0.4 is 10.6 Å². The number of esters is 1. The lowest BCUT2D eigenvalue weighted by Gasteiger charge is -2.11. The van der Waals surface area contributed by atoms with Gasteiger partial charge in [-0.2, -0.15) is 5.10 Å². The van der Waals surface area contributed by atoms with E-state index < -0.39 is 12.0 Å². The Bertz CT molecular complexity index is 1190. The van der Waals surface area contributed by atoms with Crippen molar-refractivity contribution in [2.24, 2.45) is 0 Å². The van der Waals surface area contributed by atoms with Gasteiger partial charge in [0.25, 0.3) is 0 Å². The van der Waals surface area contributed by atoms with Gasteiger partial charge in [0.15, 0.2) is 5.82 Å². The van der Waals surface area contributed by atoms with Gasteiger partial charge in [0, 0.05) is 11.3 Å². The Hall–Kier alpha value is -4.39. The number of carbonyl (C=O) groups excluding carboxylic acids is 2. The first-order valence-electron chi connectivity index (χ1n) is 9.62. The fourth-order valence-electron chi connectivity index (χ4n) is 3.17. The minimum Gasteiger partial charge on any atom is -0.465 e. The van der Waals surface area contributed by atoms with Gasteiger partial charge >= 0.3 is 12.0 Å². The largest absolute Gasteiger partial charge is 0.465 e. The van der Waals surface area contributed by atoms with Crippen molar-refractivity contribution in [2.45, 2.75) is 0 Å². The van der Waals surface area contributed by atoms with Crippen molar-refractivity contribution in [1.29, 1.82) is 0 Å². The number of para-hydroxylation sites is 2. The van der Waals surface area contributed by atoms with Crippen LogP contribution in [0.4, 0.5) is 16.3 Å². The molecule has 0 saturated carbocycles. The molecule has 1 aromatic heterocycles. The lowest BCUT2D eigenvalue weighted by molar-refractivity contribution is 0.0603. The van der Waals surface area contributed by atoms with Crippen LogP contribution in [0.15, 0.2) is 91.0 Å². The molecule has 2 N–H and O–H groups in total. The highest BCUT2D eigenvalue weighted by molar-refractivity contribution is 6.07. The van der Waals surface area contributed by atoms with Gasteiger partial charge in [-0.15, -0.1) is 0 Å². The van der Waals surface area contributed by atoms with Crippen molar-refractivity contribution in [3.05, 3.63) is 96.6 Å². The van der Waals surface area contributed by atoms with Crippen LogP contribution in [0.2, 0.25) is 0 Å². The number of methoxy groups -OCH3 is 1. The molecule has 3 aromatic carbocycles. The van der Waals surface area contributed by atoms with Crippen molar-refractivity contribution < 1.29 is 14.3 Å². The van der Waals surface area contributed by atoms with Crippen molar-refractivity contribution >= 4 is 23.5 Å². The monoisotopic (exact) mass is 412 g/mol. The van der Waals surface area contributed by atoms with Crippen molar-refractivity contribution in [1.82, 2.24) is 9.78 Å². The molecular weight excluding hydrogens is 392 g/mol. The Morgan fingerprint density at radius 3 is 2.00 bits per heavy atom. The molecule has 7 heteroatoms. The molecule has 0 spiro atoms. The van der Waals surface area contributed by atoms with E-state index in [-0.39, 0.29) is 11.4 Å². The molecule has 0 fully saturated rings. The number of carbonyl (C=O) groups is 2. The molecule has 0 aliphatic heterocycles. The van der Waals surface area contributed by atoms with E-state index in [0.717, 1.165) is 5.56 Å². The molecule has 154 valence electrons. The summed E-state index contributed by atoms with van der Waals surface area (Å²) < 4.78 is 6.55. The summed E-state index contributed by atoms with van der Waals surface area (Å²) in [5.41, 5.74) is 2.61. The molecule has 0 aliphatic carbocycles. The summed E-state index contributed by atoms with van der Waals surface area (Å²) in [4.78, 5) is 25.5. The number of rotatable bonds is 5. The minimum atomic E-state index is -0.601. The Morgan fingerprint density at radius 1 is 0.806 bits per heavy atom. The van der Waals surface area contributed by atoms with E-state index in [0.29, 0.717) is 17.1 Å². The third-order valence-corrected chi connectivity index (χ3v) is 4.59. The van der Waals surface area contributed by atoms with Crippen LogP contribution in [-0.2, 0) is 4.74 Å². The summed E-state index contributed by atoms with van der Waals surface area (Å²) in [7, 11) is 1.30. The molecule has 1 heterocycles. The summed E-state index contributed by atoms with van der Waals surface area (Å²) in [5.74, 6) is -0.388. The number of hydrogen-bond acceptors (Lipinski definition) is 4. The molecule has 4 aromatic rings. The van der Waals surface area contributed by atoms with Gasteiger partial charge in [0.05, 0.1) is 12.8 Å². The second-order valence-electron chi connectivity index (χ2n) is 6.62. The number of amides is 2. The highest BCUT2D eigenvalue weighted by atomic mass is 16.5. The maximum Gasteiger partial charge on any atom is 0.343 e. The predicted molar refractivity (Wildman–Crippen MR) is 119 cm³/mol. The van der Waals surface area contributed by atoms with Gasteiger partial charge < -0.3 is 10.1 Å². The van der Waals surface area contributed by atoms with E-state index in [4.69, 9.17) is 4.74 Å². The van der Waals surface area contributed by atoms with Crippen LogP contribution in [0, 0.1) is 0 Å². The number of nitrogens with one attached hydrogen (secondary N) is 2. The maximum atomic E-state index is 12.8. The molecule has 0 bridgehead atoms. The van der Waals surface area contributed by atoms with E-state index in [1.165, 1.54) is 11.8 Å². The second-order valence-corrected chi connectivity index (χ2v) is 6.62. The summed E-state index contributed by atoms with van der Waals surface area (Å²) in [6.07, 6.45) is 0. The summed E-state index contributed by atoms with van der Waals surface area (Å²) in [6, 6.07) is 27.0. The standard InChI is InChI=1S/C24H20N4O3/c1-31-23(29)20-21(17-11-5-2-6-12-17)27-28(19-15-9-4-10-16-19)22(20)26-24(30)25-18-13-7-3-8-14-18/h2-16H,1H3,(H2,25,26,30). The molecule has 0 saturated heterocycles. The number of ether oxygens (including phenoxy) is 1. The first kappa shape index (κ1) is 19.9. The highest BCUT2D eigenvalue weighted by Gasteiger charge is 2.27. The molecular formula is C24H20N4O3. The number of benzene rings is 3. The van der Waals surface area contributed by atoms with Crippen LogP contribution in [0.5, 0.6) is 0 Å². The minimum absolute atomic E-state index is 0.167. The fraction of sp³-hybridized carbons (Fsp3) is 0.0417. The molecule has 0 aliphatic rings. The van der Waals surface area contributed by atoms with E-state index in [9.17, 15) is 9.59 Å². The average Bonchev–Trinajstić information content (AvgIpc) is 3.19. The van der Waals surface area contributed by atoms with Crippen LogP contribution in [0.25, 0.3) is 16.9 Å². The van der Waals surface area contributed by atoms with Gasteiger partial charge in [-0.3, -0.25) is 5.32 Å². The number of anilines is 2. The quantitative estimate of drug-likeness (QED) is 0.453. The van der Waals surface area contributed by atoms with Gasteiger partial charge in [-0.25, -0.2) is 14.3 Å². The number of urea groups is 1. The highest BCUT2D eigenvalue weighted by Crippen LogP contribution is 2.32. The summed E-state index contributed by atoms with van der Waals surface area (Å²) >= 11 is 0. The predicted octanol–water partition coefficient (Wildman–Crippen LogP) is 4.97. The van der Waals surface area contributed by atoms with Crippen LogP contribution in [0.1, 0.15) is 10.4 Å². The first-order chi connectivity index (χ1) is 15.2. The number of hydrogen-bond donors (Lipinski definition) is 2. The second kappa shape index (κ2) is 8.96. The summed E-state index contributed by atoms with van der Waals surface area (Å²) in [6.45, 7) is 0.